The molecule has 1 heterocycles. The zero-order valence-corrected chi connectivity index (χ0v) is 13.9. The minimum absolute atomic E-state index is 0.0334. The normalized spacial score (nSPS) is 17.7. The number of hydrogen-bond acceptors (Lipinski definition) is 4. The SMILES string of the molecule is CCOC(=O)C1CCCN(C(=O)CCOc2ccc(C)cc2)C1. The summed E-state index contributed by atoms with van der Waals surface area (Å²) >= 11 is 0. The molecule has 1 unspecified atom stereocenters. The molecule has 0 aliphatic carbocycles. The van der Waals surface area contributed by atoms with Crippen molar-refractivity contribution >= 4 is 11.9 Å². The lowest BCUT2D eigenvalue weighted by atomic mass is 9.98. The van der Waals surface area contributed by atoms with Gasteiger partial charge in [0, 0.05) is 13.1 Å². The number of aryl methyl sites for hydroxylation is 1. The molecular weight excluding hydrogens is 294 g/mol. The maximum atomic E-state index is 12.3. The van der Waals surface area contributed by atoms with E-state index in [1.165, 1.54) is 5.56 Å². The van der Waals surface area contributed by atoms with E-state index in [0.29, 0.717) is 32.7 Å². The van der Waals surface area contributed by atoms with E-state index < -0.39 is 0 Å². The first-order valence-electron chi connectivity index (χ1n) is 8.24. The van der Waals surface area contributed by atoms with Gasteiger partial charge in [-0.25, -0.2) is 0 Å². The Morgan fingerprint density at radius 3 is 2.70 bits per heavy atom. The van der Waals surface area contributed by atoms with E-state index in [1.807, 2.05) is 31.2 Å². The molecule has 1 aliphatic heterocycles. The van der Waals surface area contributed by atoms with Gasteiger partial charge in [0.2, 0.25) is 5.91 Å². The number of rotatable bonds is 6. The number of hydrogen-bond donors (Lipinski definition) is 0. The zero-order valence-electron chi connectivity index (χ0n) is 13.9. The van der Waals surface area contributed by atoms with Crippen molar-refractivity contribution < 1.29 is 19.1 Å². The highest BCUT2D eigenvalue weighted by Gasteiger charge is 2.29. The van der Waals surface area contributed by atoms with Crippen molar-refractivity contribution in [1.29, 1.82) is 0 Å². The topological polar surface area (TPSA) is 55.8 Å². The maximum absolute atomic E-state index is 12.3. The molecule has 23 heavy (non-hydrogen) atoms. The highest BCUT2D eigenvalue weighted by molar-refractivity contribution is 5.78. The third-order valence-electron chi connectivity index (χ3n) is 4.00. The first kappa shape index (κ1) is 17.3. The van der Waals surface area contributed by atoms with Gasteiger partial charge in [0.25, 0.3) is 0 Å². The van der Waals surface area contributed by atoms with Crippen LogP contribution in [0.1, 0.15) is 31.7 Å². The Hall–Kier alpha value is -2.04. The Morgan fingerprint density at radius 1 is 1.26 bits per heavy atom. The van der Waals surface area contributed by atoms with Crippen molar-refractivity contribution in [3.63, 3.8) is 0 Å². The Labute approximate surface area is 137 Å². The fourth-order valence-electron chi connectivity index (χ4n) is 2.70. The van der Waals surface area contributed by atoms with Crippen LogP contribution in [0.2, 0.25) is 0 Å². The number of nitrogens with zero attached hydrogens (tertiary/aromatic N) is 1. The van der Waals surface area contributed by atoms with Crippen molar-refractivity contribution in [1.82, 2.24) is 4.90 Å². The van der Waals surface area contributed by atoms with Gasteiger partial charge in [-0.05, 0) is 38.8 Å². The van der Waals surface area contributed by atoms with Crippen LogP contribution in [-0.2, 0) is 14.3 Å². The van der Waals surface area contributed by atoms with Crippen LogP contribution in [0.15, 0.2) is 24.3 Å². The van der Waals surface area contributed by atoms with Gasteiger partial charge < -0.3 is 14.4 Å². The largest absolute Gasteiger partial charge is 0.493 e. The average Bonchev–Trinajstić information content (AvgIpc) is 2.57. The van der Waals surface area contributed by atoms with Crippen molar-refractivity contribution in [3.05, 3.63) is 29.8 Å². The molecule has 2 rings (SSSR count). The Morgan fingerprint density at radius 2 is 2.00 bits per heavy atom. The molecule has 1 amide bonds. The van der Waals surface area contributed by atoms with E-state index in [-0.39, 0.29) is 17.8 Å². The van der Waals surface area contributed by atoms with E-state index in [0.717, 1.165) is 18.6 Å². The predicted molar refractivity (Wildman–Crippen MR) is 87.2 cm³/mol. The van der Waals surface area contributed by atoms with Crippen LogP contribution in [0, 0.1) is 12.8 Å². The zero-order chi connectivity index (χ0) is 16.7. The number of ether oxygens (including phenoxy) is 2. The monoisotopic (exact) mass is 319 g/mol. The summed E-state index contributed by atoms with van der Waals surface area (Å²) in [6.45, 7) is 5.72. The van der Waals surface area contributed by atoms with Gasteiger partial charge in [0.15, 0.2) is 0 Å². The van der Waals surface area contributed by atoms with Gasteiger partial charge in [0.05, 0.1) is 25.6 Å². The number of esters is 1. The molecule has 1 aliphatic rings. The molecule has 0 saturated carbocycles. The lowest BCUT2D eigenvalue weighted by molar-refractivity contribution is -0.151. The summed E-state index contributed by atoms with van der Waals surface area (Å²) in [6.07, 6.45) is 1.96. The van der Waals surface area contributed by atoms with Crippen LogP contribution >= 0.6 is 0 Å². The molecule has 1 aromatic rings. The van der Waals surface area contributed by atoms with Crippen molar-refractivity contribution in [2.75, 3.05) is 26.3 Å². The number of carbonyl (C=O) groups excluding carboxylic acids is 2. The molecule has 1 saturated heterocycles. The van der Waals surface area contributed by atoms with E-state index in [2.05, 4.69) is 0 Å². The maximum Gasteiger partial charge on any atom is 0.310 e. The molecule has 1 aromatic carbocycles. The molecule has 5 heteroatoms. The Bertz CT molecular complexity index is 526. The molecule has 1 atom stereocenters. The Kier molecular flexibility index (Phi) is 6.44. The van der Waals surface area contributed by atoms with Gasteiger partial charge in [-0.1, -0.05) is 17.7 Å². The van der Waals surface area contributed by atoms with E-state index in [4.69, 9.17) is 9.47 Å². The first-order valence-corrected chi connectivity index (χ1v) is 8.24. The summed E-state index contributed by atoms with van der Waals surface area (Å²) in [5.74, 6) is 0.420. The molecule has 126 valence electrons. The number of carbonyl (C=O) groups is 2. The summed E-state index contributed by atoms with van der Waals surface area (Å²) in [5.41, 5.74) is 1.17. The van der Waals surface area contributed by atoms with Gasteiger partial charge in [-0.2, -0.15) is 0 Å². The highest BCUT2D eigenvalue weighted by atomic mass is 16.5. The van der Waals surface area contributed by atoms with Crippen molar-refractivity contribution in [2.24, 2.45) is 5.92 Å². The number of amides is 1. The summed E-state index contributed by atoms with van der Waals surface area (Å²) in [5, 5.41) is 0. The molecule has 5 nitrogen and oxygen atoms in total. The van der Waals surface area contributed by atoms with Crippen LogP contribution in [0.25, 0.3) is 0 Å². The predicted octanol–water partition coefficient (Wildman–Crippen LogP) is 2.57. The number of piperidine rings is 1. The first-order chi connectivity index (χ1) is 11.1. The quantitative estimate of drug-likeness (QED) is 0.756. The fourth-order valence-corrected chi connectivity index (χ4v) is 2.70. The van der Waals surface area contributed by atoms with Gasteiger partial charge in [0.1, 0.15) is 5.75 Å². The molecular formula is C18H25NO4. The fraction of sp³-hybridized carbons (Fsp3) is 0.556. The van der Waals surface area contributed by atoms with Crippen LogP contribution in [0.3, 0.4) is 0 Å². The summed E-state index contributed by atoms with van der Waals surface area (Å²) in [7, 11) is 0. The third-order valence-corrected chi connectivity index (χ3v) is 4.00. The van der Waals surface area contributed by atoms with E-state index in [1.54, 1.807) is 11.8 Å². The van der Waals surface area contributed by atoms with Crippen LogP contribution < -0.4 is 4.74 Å². The van der Waals surface area contributed by atoms with E-state index in [9.17, 15) is 9.59 Å². The van der Waals surface area contributed by atoms with E-state index >= 15 is 0 Å². The molecule has 0 radical (unpaired) electrons. The third kappa shape index (κ3) is 5.27. The van der Waals surface area contributed by atoms with Crippen molar-refractivity contribution in [2.45, 2.75) is 33.1 Å². The summed E-state index contributed by atoms with van der Waals surface area (Å²) in [6, 6.07) is 7.76. The molecule has 0 aromatic heterocycles. The second-order valence-corrected chi connectivity index (χ2v) is 5.84. The smallest absolute Gasteiger partial charge is 0.310 e. The van der Waals surface area contributed by atoms with Gasteiger partial charge in [-0.3, -0.25) is 9.59 Å². The standard InChI is InChI=1S/C18H25NO4/c1-3-22-18(21)15-5-4-11-19(13-15)17(20)10-12-23-16-8-6-14(2)7-9-16/h6-9,15H,3-5,10-13H2,1-2H3. The lowest BCUT2D eigenvalue weighted by Crippen LogP contribution is -2.43. The Balaban J connectivity index is 1.76. The minimum atomic E-state index is -0.194. The van der Waals surface area contributed by atoms with Gasteiger partial charge in [-0.15, -0.1) is 0 Å². The minimum Gasteiger partial charge on any atom is -0.493 e. The molecule has 1 fully saturated rings. The number of benzene rings is 1. The second kappa shape index (κ2) is 8.56. The average molecular weight is 319 g/mol. The van der Waals surface area contributed by atoms with Gasteiger partial charge >= 0.3 is 5.97 Å². The second-order valence-electron chi connectivity index (χ2n) is 5.84. The molecule has 0 spiro atoms. The molecule has 0 N–H and O–H groups in total. The van der Waals surface area contributed by atoms with Crippen LogP contribution in [-0.4, -0.2) is 43.1 Å². The van der Waals surface area contributed by atoms with Crippen LogP contribution in [0.5, 0.6) is 5.75 Å². The summed E-state index contributed by atoms with van der Waals surface area (Å²) < 4.78 is 10.7. The lowest BCUT2D eigenvalue weighted by Gasteiger charge is -2.31. The van der Waals surface area contributed by atoms with Crippen LogP contribution in [0.4, 0.5) is 0 Å². The molecule has 0 bridgehead atoms. The number of likely N-dealkylation sites (tertiary alicyclic amines) is 1. The van der Waals surface area contributed by atoms with Crippen molar-refractivity contribution in [3.8, 4) is 5.75 Å². The summed E-state index contributed by atoms with van der Waals surface area (Å²) in [4.78, 5) is 25.8. The highest BCUT2D eigenvalue weighted by Crippen LogP contribution is 2.19.